The van der Waals surface area contributed by atoms with Gasteiger partial charge >= 0.3 is 0 Å². The summed E-state index contributed by atoms with van der Waals surface area (Å²) in [5.41, 5.74) is 0.876. The lowest BCUT2D eigenvalue weighted by atomic mass is 10.1. The van der Waals surface area contributed by atoms with Crippen LogP contribution >= 0.6 is 27.3 Å². The second-order valence-corrected chi connectivity index (χ2v) is 11.4. The molecule has 0 aromatic carbocycles. The molecule has 0 amide bonds. The Morgan fingerprint density at radius 2 is 2.05 bits per heavy atom. The molecule has 2 heterocycles. The quantitative estimate of drug-likeness (QED) is 0.805. The number of rotatable bonds is 4. The highest BCUT2D eigenvalue weighted by molar-refractivity contribution is 9.11. The predicted octanol–water partition coefficient (Wildman–Crippen LogP) is 1.52. The maximum absolute atomic E-state index is 12.6. The lowest BCUT2D eigenvalue weighted by molar-refractivity contribution is 0.304. The number of thiophene rings is 1. The van der Waals surface area contributed by atoms with Gasteiger partial charge in [0.15, 0.2) is 0 Å². The summed E-state index contributed by atoms with van der Waals surface area (Å²) in [4.78, 5) is 0. The Bertz CT molecular complexity index is 707. The Morgan fingerprint density at radius 3 is 2.57 bits per heavy atom. The highest BCUT2D eigenvalue weighted by Crippen LogP contribution is 2.33. The van der Waals surface area contributed by atoms with Crippen molar-refractivity contribution < 1.29 is 16.8 Å². The normalized spacial score (nSPS) is 21.6. The summed E-state index contributed by atoms with van der Waals surface area (Å²) in [5, 5.41) is 0. The van der Waals surface area contributed by atoms with E-state index in [1.165, 1.54) is 15.6 Å². The Labute approximate surface area is 137 Å². The molecule has 0 spiro atoms. The van der Waals surface area contributed by atoms with Crippen molar-refractivity contribution in [3.63, 3.8) is 0 Å². The number of nitrogens with zero attached hydrogens (tertiary/aromatic N) is 1. The molecule has 6 nitrogen and oxygen atoms in total. The van der Waals surface area contributed by atoms with Crippen LogP contribution in [0.2, 0.25) is 0 Å². The molecule has 10 heteroatoms. The van der Waals surface area contributed by atoms with Gasteiger partial charge < -0.3 is 0 Å². The molecule has 1 aromatic rings. The van der Waals surface area contributed by atoms with E-state index >= 15 is 0 Å². The molecule has 1 aliphatic heterocycles. The van der Waals surface area contributed by atoms with Gasteiger partial charge in [0.25, 0.3) is 10.0 Å². The minimum atomic E-state index is -3.57. The zero-order valence-corrected chi connectivity index (χ0v) is 15.7. The zero-order valence-electron chi connectivity index (χ0n) is 11.7. The van der Waals surface area contributed by atoms with Gasteiger partial charge in [0.05, 0.1) is 10.0 Å². The van der Waals surface area contributed by atoms with Gasteiger partial charge in [0, 0.05) is 19.1 Å². The first kappa shape index (κ1) is 17.4. The van der Waals surface area contributed by atoms with Gasteiger partial charge in [0.1, 0.15) is 4.21 Å². The van der Waals surface area contributed by atoms with Crippen molar-refractivity contribution in [2.24, 2.45) is 0 Å². The summed E-state index contributed by atoms with van der Waals surface area (Å²) < 4.78 is 52.7. The van der Waals surface area contributed by atoms with E-state index < -0.39 is 20.0 Å². The van der Waals surface area contributed by atoms with Crippen LogP contribution in [0, 0.1) is 6.92 Å². The van der Waals surface area contributed by atoms with E-state index in [0.717, 1.165) is 15.6 Å². The van der Waals surface area contributed by atoms with E-state index in [0.29, 0.717) is 19.4 Å². The first-order valence-electron chi connectivity index (χ1n) is 6.33. The molecule has 0 radical (unpaired) electrons. The van der Waals surface area contributed by atoms with Gasteiger partial charge in [-0.3, -0.25) is 0 Å². The Morgan fingerprint density at radius 1 is 1.38 bits per heavy atom. The van der Waals surface area contributed by atoms with Crippen molar-refractivity contribution >= 4 is 47.3 Å². The second-order valence-electron chi connectivity index (χ2n) is 5.11. The summed E-state index contributed by atoms with van der Waals surface area (Å²) in [6.07, 6.45) is 2.37. The third-order valence-corrected chi connectivity index (χ3v) is 8.41. The molecule has 1 fully saturated rings. The molecule has 1 aromatic heterocycles. The van der Waals surface area contributed by atoms with Crippen molar-refractivity contribution in [2.45, 2.75) is 30.0 Å². The molecule has 1 N–H and O–H groups in total. The smallest absolute Gasteiger partial charge is 0.213 e. The average Bonchev–Trinajstić information content (AvgIpc) is 2.68. The number of hydrogen-bond donors (Lipinski definition) is 1. The van der Waals surface area contributed by atoms with E-state index in [1.807, 2.05) is 6.92 Å². The fourth-order valence-electron chi connectivity index (χ4n) is 2.25. The van der Waals surface area contributed by atoms with Crippen LogP contribution in [0.3, 0.4) is 0 Å². The van der Waals surface area contributed by atoms with Crippen LogP contribution in [-0.4, -0.2) is 46.5 Å². The lowest BCUT2D eigenvalue weighted by Crippen LogP contribution is -2.49. The summed E-state index contributed by atoms with van der Waals surface area (Å²) in [6, 6.07) is 1.27. The first-order valence-corrected chi connectivity index (χ1v) is 11.3. The number of piperidine rings is 1. The Kier molecular flexibility index (Phi) is 5.16. The maximum Gasteiger partial charge on any atom is 0.252 e. The van der Waals surface area contributed by atoms with Gasteiger partial charge in [0.2, 0.25) is 10.0 Å². The van der Waals surface area contributed by atoms with Gasteiger partial charge in [-0.1, -0.05) is 0 Å². The topological polar surface area (TPSA) is 83.6 Å². The molecule has 1 saturated heterocycles. The van der Waals surface area contributed by atoms with Crippen LogP contribution in [0.4, 0.5) is 0 Å². The first-order chi connectivity index (χ1) is 9.59. The van der Waals surface area contributed by atoms with Gasteiger partial charge in [-0.2, -0.15) is 4.31 Å². The van der Waals surface area contributed by atoms with E-state index in [-0.39, 0.29) is 16.8 Å². The summed E-state index contributed by atoms with van der Waals surface area (Å²) in [5.74, 6) is 0. The monoisotopic (exact) mass is 416 g/mol. The van der Waals surface area contributed by atoms with E-state index in [9.17, 15) is 16.8 Å². The molecule has 0 saturated carbocycles. The third kappa shape index (κ3) is 4.26. The van der Waals surface area contributed by atoms with Crippen molar-refractivity contribution in [1.29, 1.82) is 0 Å². The van der Waals surface area contributed by atoms with Crippen LogP contribution in [0.15, 0.2) is 14.1 Å². The lowest BCUT2D eigenvalue weighted by Gasteiger charge is -2.31. The molecule has 1 atom stereocenters. The summed E-state index contributed by atoms with van der Waals surface area (Å²) in [6.45, 7) is 2.42. The standard InChI is InChI=1S/C11H17BrN2O4S3/c1-8-6-10(19-11(8)12)21(17,18)14-5-3-4-9(7-14)13-20(2,15)16/h6,9,13H,3-5,7H2,1-2H3. The highest BCUT2D eigenvalue weighted by atomic mass is 79.9. The predicted molar refractivity (Wildman–Crippen MR) is 86.5 cm³/mol. The minimum absolute atomic E-state index is 0.171. The fourth-order valence-corrected chi connectivity index (χ4v) is 6.95. The van der Waals surface area contributed by atoms with Crippen molar-refractivity contribution in [1.82, 2.24) is 9.03 Å². The molecule has 120 valence electrons. The molecule has 0 aliphatic carbocycles. The molecule has 2 rings (SSSR count). The minimum Gasteiger partial charge on any atom is -0.213 e. The Balaban J connectivity index is 2.20. The van der Waals surface area contributed by atoms with E-state index in [4.69, 9.17) is 0 Å². The van der Waals surface area contributed by atoms with Crippen LogP contribution in [0.5, 0.6) is 0 Å². The molecule has 21 heavy (non-hydrogen) atoms. The molecule has 1 aliphatic rings. The van der Waals surface area contributed by atoms with Crippen molar-refractivity contribution in [2.75, 3.05) is 19.3 Å². The molecule has 0 bridgehead atoms. The number of sulfonamides is 2. The van der Waals surface area contributed by atoms with Crippen LogP contribution in [-0.2, 0) is 20.0 Å². The van der Waals surface area contributed by atoms with Gasteiger partial charge in [-0.25, -0.2) is 21.6 Å². The maximum atomic E-state index is 12.6. The van der Waals surface area contributed by atoms with Crippen LogP contribution in [0.25, 0.3) is 0 Å². The Hall–Kier alpha value is -0.000000000000000111. The number of aryl methyl sites for hydroxylation is 1. The molecular weight excluding hydrogens is 400 g/mol. The number of halogens is 1. The van der Waals surface area contributed by atoms with Gasteiger partial charge in [-0.05, 0) is 47.3 Å². The number of hydrogen-bond acceptors (Lipinski definition) is 5. The largest absolute Gasteiger partial charge is 0.252 e. The summed E-state index contributed by atoms with van der Waals surface area (Å²) >= 11 is 4.51. The average molecular weight is 417 g/mol. The fraction of sp³-hybridized carbons (Fsp3) is 0.636. The third-order valence-electron chi connectivity index (χ3n) is 3.19. The number of nitrogens with one attached hydrogen (secondary N) is 1. The molecular formula is C11H17BrN2O4S3. The van der Waals surface area contributed by atoms with Crippen LogP contribution < -0.4 is 4.72 Å². The van der Waals surface area contributed by atoms with Crippen LogP contribution in [0.1, 0.15) is 18.4 Å². The SMILES string of the molecule is Cc1cc(S(=O)(=O)N2CCCC(NS(C)(=O)=O)C2)sc1Br. The highest BCUT2D eigenvalue weighted by Gasteiger charge is 2.32. The van der Waals surface area contributed by atoms with Crippen molar-refractivity contribution in [3.8, 4) is 0 Å². The van der Waals surface area contributed by atoms with Gasteiger partial charge in [-0.15, -0.1) is 11.3 Å². The second kappa shape index (κ2) is 6.25. The van der Waals surface area contributed by atoms with E-state index in [2.05, 4.69) is 20.7 Å². The van der Waals surface area contributed by atoms with E-state index in [1.54, 1.807) is 6.07 Å². The summed E-state index contributed by atoms with van der Waals surface area (Å²) in [7, 11) is -6.90. The van der Waals surface area contributed by atoms with Crippen molar-refractivity contribution in [3.05, 3.63) is 15.4 Å². The zero-order chi connectivity index (χ0) is 15.8. The molecule has 1 unspecified atom stereocenters.